The molecule has 0 saturated carbocycles. The summed E-state index contributed by atoms with van der Waals surface area (Å²) in [5.74, 6) is 1.93. The van der Waals surface area contributed by atoms with Crippen LogP contribution in [0.4, 0.5) is 11.6 Å². The van der Waals surface area contributed by atoms with Gasteiger partial charge in [0.2, 0.25) is 5.95 Å². The molecule has 0 aliphatic rings. The lowest BCUT2D eigenvalue weighted by atomic mass is 10.0. The minimum Gasteiger partial charge on any atom is -0.323 e. The van der Waals surface area contributed by atoms with Crippen molar-refractivity contribution >= 4 is 23.4 Å². The third kappa shape index (κ3) is 4.13. The summed E-state index contributed by atoms with van der Waals surface area (Å²) in [6.07, 6.45) is 0. The van der Waals surface area contributed by atoms with Crippen LogP contribution in [0, 0.1) is 0 Å². The summed E-state index contributed by atoms with van der Waals surface area (Å²) >= 11 is 1.65. The molecule has 2 aromatic carbocycles. The molecule has 0 saturated heterocycles. The monoisotopic (exact) mass is 324 g/mol. The van der Waals surface area contributed by atoms with Gasteiger partial charge >= 0.3 is 0 Å². The van der Waals surface area contributed by atoms with E-state index >= 15 is 0 Å². The van der Waals surface area contributed by atoms with Gasteiger partial charge in [-0.25, -0.2) is 0 Å². The molecule has 0 unspecified atom stereocenters. The maximum Gasteiger partial charge on any atom is 0.247 e. The van der Waals surface area contributed by atoms with Crippen LogP contribution in [0.1, 0.15) is 30.9 Å². The highest BCUT2D eigenvalue weighted by atomic mass is 32.2. The quantitative estimate of drug-likeness (QED) is 0.629. The smallest absolute Gasteiger partial charge is 0.247 e. The van der Waals surface area contributed by atoms with Crippen LogP contribution in [0.15, 0.2) is 59.8 Å². The standard InChI is InChI=1S/C18H20N4S/c1-13(2)15-10-6-7-11-16(15)19-17-20-18(22-21-17)23-12-14-8-4-3-5-9-14/h3-11,13H,12H2,1-2H3,(H2,19,20,21,22). The maximum atomic E-state index is 4.51. The Morgan fingerprint density at radius 3 is 2.57 bits per heavy atom. The van der Waals surface area contributed by atoms with E-state index in [-0.39, 0.29) is 0 Å². The summed E-state index contributed by atoms with van der Waals surface area (Å²) < 4.78 is 0. The zero-order valence-corrected chi connectivity index (χ0v) is 14.1. The lowest BCUT2D eigenvalue weighted by molar-refractivity contribution is 0.868. The van der Waals surface area contributed by atoms with Gasteiger partial charge in [0.25, 0.3) is 0 Å². The van der Waals surface area contributed by atoms with E-state index in [2.05, 4.69) is 64.7 Å². The Morgan fingerprint density at radius 1 is 1.04 bits per heavy atom. The van der Waals surface area contributed by atoms with Gasteiger partial charge in [0.1, 0.15) is 0 Å². The van der Waals surface area contributed by atoms with Gasteiger partial charge in [-0.05, 0) is 23.1 Å². The van der Waals surface area contributed by atoms with Crippen molar-refractivity contribution < 1.29 is 0 Å². The van der Waals surface area contributed by atoms with Crippen molar-refractivity contribution in [2.45, 2.75) is 30.7 Å². The SMILES string of the molecule is CC(C)c1ccccc1Nc1n[nH]c(SCc2ccccc2)n1. The summed E-state index contributed by atoms with van der Waals surface area (Å²) in [6.45, 7) is 4.36. The number of para-hydroxylation sites is 1. The van der Waals surface area contributed by atoms with Gasteiger partial charge in [-0.1, -0.05) is 74.1 Å². The molecule has 0 fully saturated rings. The molecule has 0 atom stereocenters. The van der Waals surface area contributed by atoms with E-state index in [9.17, 15) is 0 Å². The molecule has 3 aromatic rings. The van der Waals surface area contributed by atoms with Crippen molar-refractivity contribution in [3.8, 4) is 0 Å². The van der Waals surface area contributed by atoms with E-state index in [0.717, 1.165) is 16.6 Å². The first-order valence-electron chi connectivity index (χ1n) is 7.67. The first kappa shape index (κ1) is 15.6. The number of hydrogen-bond acceptors (Lipinski definition) is 4. The molecule has 3 rings (SSSR count). The van der Waals surface area contributed by atoms with Crippen molar-refractivity contribution in [3.63, 3.8) is 0 Å². The predicted octanol–water partition coefficient (Wildman–Crippen LogP) is 4.96. The Labute approximate surface area is 140 Å². The zero-order valence-electron chi connectivity index (χ0n) is 13.3. The molecule has 0 bridgehead atoms. The molecule has 23 heavy (non-hydrogen) atoms. The van der Waals surface area contributed by atoms with Crippen LogP contribution < -0.4 is 5.32 Å². The van der Waals surface area contributed by atoms with Crippen molar-refractivity contribution in [3.05, 3.63) is 65.7 Å². The zero-order chi connectivity index (χ0) is 16.1. The first-order chi connectivity index (χ1) is 11.2. The Bertz CT molecular complexity index is 752. The number of thioether (sulfide) groups is 1. The Balaban J connectivity index is 1.66. The van der Waals surface area contributed by atoms with Gasteiger partial charge in [-0.2, -0.15) is 4.98 Å². The number of aromatic amines is 1. The fraction of sp³-hybridized carbons (Fsp3) is 0.222. The fourth-order valence-electron chi connectivity index (χ4n) is 2.33. The van der Waals surface area contributed by atoms with Crippen LogP contribution in [-0.2, 0) is 5.75 Å². The number of hydrogen-bond donors (Lipinski definition) is 2. The van der Waals surface area contributed by atoms with Gasteiger partial charge in [0.05, 0.1) is 0 Å². The van der Waals surface area contributed by atoms with Gasteiger partial charge < -0.3 is 5.32 Å². The van der Waals surface area contributed by atoms with Crippen LogP contribution in [0.5, 0.6) is 0 Å². The second kappa shape index (κ2) is 7.33. The third-order valence-corrected chi connectivity index (χ3v) is 4.45. The fourth-order valence-corrected chi connectivity index (χ4v) is 3.09. The number of benzene rings is 2. The normalized spacial score (nSPS) is 10.9. The lowest BCUT2D eigenvalue weighted by Gasteiger charge is -2.12. The summed E-state index contributed by atoms with van der Waals surface area (Å²) in [6, 6.07) is 18.6. The highest BCUT2D eigenvalue weighted by Gasteiger charge is 2.09. The summed E-state index contributed by atoms with van der Waals surface area (Å²) in [5.41, 5.74) is 3.59. The Hall–Kier alpha value is -2.27. The second-order valence-corrected chi connectivity index (χ2v) is 6.57. The van der Waals surface area contributed by atoms with Crippen LogP contribution in [0.2, 0.25) is 0 Å². The van der Waals surface area contributed by atoms with E-state index < -0.39 is 0 Å². The number of nitrogens with zero attached hydrogens (tertiary/aromatic N) is 2. The number of H-pyrrole nitrogens is 1. The molecule has 0 aliphatic carbocycles. The number of rotatable bonds is 6. The largest absolute Gasteiger partial charge is 0.323 e. The maximum absolute atomic E-state index is 4.51. The molecule has 2 N–H and O–H groups in total. The molecule has 1 aromatic heterocycles. The number of anilines is 2. The van der Waals surface area contributed by atoms with Gasteiger partial charge in [-0.3, -0.25) is 5.10 Å². The van der Waals surface area contributed by atoms with Crippen molar-refractivity contribution in [2.24, 2.45) is 0 Å². The summed E-state index contributed by atoms with van der Waals surface area (Å²) in [5, 5.41) is 11.4. The Morgan fingerprint density at radius 2 is 1.78 bits per heavy atom. The molecule has 0 amide bonds. The predicted molar refractivity (Wildman–Crippen MR) is 96.2 cm³/mol. The van der Waals surface area contributed by atoms with Crippen LogP contribution in [0.25, 0.3) is 0 Å². The average molecular weight is 324 g/mol. The first-order valence-corrected chi connectivity index (χ1v) is 8.66. The van der Waals surface area contributed by atoms with E-state index in [0.29, 0.717) is 11.9 Å². The second-order valence-electron chi connectivity index (χ2n) is 5.61. The van der Waals surface area contributed by atoms with E-state index in [1.807, 2.05) is 24.3 Å². The van der Waals surface area contributed by atoms with E-state index in [1.54, 1.807) is 11.8 Å². The minimum absolute atomic E-state index is 0.449. The minimum atomic E-state index is 0.449. The topological polar surface area (TPSA) is 53.6 Å². The third-order valence-electron chi connectivity index (χ3n) is 3.51. The molecule has 5 heteroatoms. The number of nitrogens with one attached hydrogen (secondary N) is 2. The van der Waals surface area contributed by atoms with Crippen LogP contribution in [0.3, 0.4) is 0 Å². The summed E-state index contributed by atoms with van der Waals surface area (Å²) in [4.78, 5) is 4.51. The molecule has 118 valence electrons. The molecule has 0 radical (unpaired) electrons. The van der Waals surface area contributed by atoms with Gasteiger partial charge in [0.15, 0.2) is 5.16 Å². The highest BCUT2D eigenvalue weighted by Crippen LogP contribution is 2.26. The molecule has 1 heterocycles. The van der Waals surface area contributed by atoms with Crippen LogP contribution in [-0.4, -0.2) is 15.2 Å². The Kier molecular flexibility index (Phi) is 4.98. The number of aromatic nitrogens is 3. The lowest BCUT2D eigenvalue weighted by Crippen LogP contribution is -1.98. The molecular formula is C18H20N4S. The van der Waals surface area contributed by atoms with Gasteiger partial charge in [0, 0.05) is 11.4 Å². The molecular weight excluding hydrogens is 304 g/mol. The highest BCUT2D eigenvalue weighted by molar-refractivity contribution is 7.98. The van der Waals surface area contributed by atoms with Crippen molar-refractivity contribution in [1.29, 1.82) is 0 Å². The van der Waals surface area contributed by atoms with E-state index in [4.69, 9.17) is 0 Å². The van der Waals surface area contributed by atoms with Crippen LogP contribution >= 0.6 is 11.8 Å². The average Bonchev–Trinajstić information content (AvgIpc) is 3.02. The van der Waals surface area contributed by atoms with Crippen molar-refractivity contribution in [1.82, 2.24) is 15.2 Å². The molecule has 0 aliphatic heterocycles. The van der Waals surface area contributed by atoms with Crippen molar-refractivity contribution in [2.75, 3.05) is 5.32 Å². The molecule has 0 spiro atoms. The van der Waals surface area contributed by atoms with E-state index in [1.165, 1.54) is 11.1 Å². The summed E-state index contributed by atoms with van der Waals surface area (Å²) in [7, 11) is 0. The molecule has 4 nitrogen and oxygen atoms in total. The van der Waals surface area contributed by atoms with Gasteiger partial charge in [-0.15, -0.1) is 5.10 Å².